The van der Waals surface area contributed by atoms with Gasteiger partial charge in [-0.15, -0.1) is 6.61 Å². The van der Waals surface area contributed by atoms with Crippen molar-refractivity contribution in [3.05, 3.63) is 0 Å². The maximum Gasteiger partial charge on any atom is 1.00 e. The largest absolute Gasteiger partial charge is 1.00 e. The van der Waals surface area contributed by atoms with Gasteiger partial charge in [0.2, 0.25) is 0 Å². The van der Waals surface area contributed by atoms with Crippen molar-refractivity contribution in [3.8, 4) is 0 Å². The number of unbranched alkanes of at least 4 members (excludes halogenated alkanes) is 1. The van der Waals surface area contributed by atoms with Crippen LogP contribution in [-0.2, 0) is 0 Å². The van der Waals surface area contributed by atoms with Crippen LogP contribution in [0.3, 0.4) is 0 Å². The first kappa shape index (κ1) is 14.1. The first-order chi connectivity index (χ1) is 4.35. The van der Waals surface area contributed by atoms with Crippen molar-refractivity contribution >= 4 is 0 Å². The van der Waals surface area contributed by atoms with Gasteiger partial charge in [0.25, 0.3) is 0 Å². The molecule has 0 fully saturated rings. The molecule has 0 bridgehead atoms. The quantitative estimate of drug-likeness (QED) is 0.462. The third kappa shape index (κ3) is 7.70. The Balaban J connectivity index is 0. The van der Waals surface area contributed by atoms with E-state index in [0.29, 0.717) is 5.92 Å². The minimum absolute atomic E-state index is 0. The van der Waals surface area contributed by atoms with Gasteiger partial charge in [0.1, 0.15) is 0 Å². The van der Waals surface area contributed by atoms with Crippen molar-refractivity contribution in [2.24, 2.45) is 5.92 Å². The predicted octanol–water partition coefficient (Wildman–Crippen LogP) is -1.43. The predicted molar refractivity (Wildman–Crippen MR) is 38.2 cm³/mol. The Morgan fingerprint density at radius 1 is 1.30 bits per heavy atom. The second-order valence-corrected chi connectivity index (χ2v) is 2.58. The van der Waals surface area contributed by atoms with E-state index in [2.05, 4.69) is 13.8 Å². The van der Waals surface area contributed by atoms with Crippen molar-refractivity contribution < 1.29 is 56.5 Å². The molecule has 0 amide bonds. The van der Waals surface area contributed by atoms with E-state index < -0.39 is 0 Å². The van der Waals surface area contributed by atoms with Crippen molar-refractivity contribution in [3.63, 3.8) is 0 Å². The van der Waals surface area contributed by atoms with E-state index in [1.807, 2.05) is 0 Å². The third-order valence-electron chi connectivity index (χ3n) is 1.78. The molecule has 0 saturated heterocycles. The van der Waals surface area contributed by atoms with Crippen LogP contribution in [-0.4, -0.2) is 6.61 Å². The summed E-state index contributed by atoms with van der Waals surface area (Å²) in [6.07, 6.45) is 4.64. The van der Waals surface area contributed by atoms with Gasteiger partial charge in [-0.2, -0.15) is 0 Å². The summed E-state index contributed by atoms with van der Waals surface area (Å²) >= 11 is 0. The van der Waals surface area contributed by atoms with Crippen LogP contribution in [0, 0.1) is 5.92 Å². The molecule has 0 N–H and O–H groups in total. The van der Waals surface area contributed by atoms with Gasteiger partial charge in [0, 0.05) is 0 Å². The molecule has 1 nitrogen and oxygen atoms in total. The second kappa shape index (κ2) is 10.6. The van der Waals surface area contributed by atoms with Crippen molar-refractivity contribution in [1.29, 1.82) is 0 Å². The van der Waals surface area contributed by atoms with Gasteiger partial charge < -0.3 is 5.11 Å². The normalized spacial score (nSPS) is 12.3. The molecule has 0 aromatic carbocycles. The van der Waals surface area contributed by atoms with Gasteiger partial charge in [-0.05, 0) is 0 Å². The van der Waals surface area contributed by atoms with Crippen LogP contribution in [0.1, 0.15) is 39.5 Å². The van der Waals surface area contributed by atoms with Crippen LogP contribution < -0.4 is 56.5 Å². The molecule has 0 aromatic rings. The second-order valence-electron chi connectivity index (χ2n) is 2.58. The Morgan fingerprint density at radius 3 is 2.20 bits per heavy atom. The minimum Gasteiger partial charge on any atom is -0.854 e. The number of hydrogen-bond acceptors (Lipinski definition) is 1. The zero-order chi connectivity index (χ0) is 7.11. The molecule has 56 valence electrons. The molecule has 1 atom stereocenters. The van der Waals surface area contributed by atoms with Gasteiger partial charge >= 0.3 is 51.4 Å². The Hall–Kier alpha value is 1.60. The summed E-state index contributed by atoms with van der Waals surface area (Å²) in [5.41, 5.74) is 0. The van der Waals surface area contributed by atoms with E-state index in [4.69, 9.17) is 0 Å². The standard InChI is InChI=1S/C8H17O.K/c1-3-5-6-8(4-2)7-9;/h8H,3-7H2,1-2H3;/q-1;+1. The van der Waals surface area contributed by atoms with Gasteiger partial charge in [-0.25, -0.2) is 0 Å². The summed E-state index contributed by atoms with van der Waals surface area (Å²) < 4.78 is 0. The van der Waals surface area contributed by atoms with E-state index in [1.165, 1.54) is 12.8 Å². The maximum atomic E-state index is 10.4. The van der Waals surface area contributed by atoms with Gasteiger partial charge in [-0.1, -0.05) is 45.4 Å². The molecule has 0 aromatic heterocycles. The Labute approximate surface area is 107 Å². The number of hydrogen-bond donors (Lipinski definition) is 0. The SMILES string of the molecule is CCCCC(CC)C[O-].[K+]. The fourth-order valence-electron chi connectivity index (χ4n) is 0.898. The number of rotatable bonds is 5. The molecule has 0 aliphatic carbocycles. The topological polar surface area (TPSA) is 23.1 Å². The molecule has 0 saturated carbocycles. The molecular weight excluding hydrogens is 151 g/mol. The summed E-state index contributed by atoms with van der Waals surface area (Å²) in [6.45, 7) is 4.38. The Bertz CT molecular complexity index is 53.2. The third-order valence-corrected chi connectivity index (χ3v) is 1.78. The molecule has 0 radical (unpaired) electrons. The molecule has 0 rings (SSSR count). The van der Waals surface area contributed by atoms with Crippen LogP contribution in [0.25, 0.3) is 0 Å². The summed E-state index contributed by atoms with van der Waals surface area (Å²) in [5, 5.41) is 10.4. The smallest absolute Gasteiger partial charge is 0.854 e. The first-order valence-electron chi connectivity index (χ1n) is 3.93. The van der Waals surface area contributed by atoms with Crippen LogP contribution in [0.15, 0.2) is 0 Å². The average molecular weight is 168 g/mol. The van der Waals surface area contributed by atoms with Crippen molar-refractivity contribution in [1.82, 2.24) is 0 Å². The van der Waals surface area contributed by atoms with Gasteiger partial charge in [-0.3, -0.25) is 0 Å². The molecule has 0 aliphatic rings. The van der Waals surface area contributed by atoms with Crippen LogP contribution in [0.5, 0.6) is 0 Å². The molecule has 10 heavy (non-hydrogen) atoms. The first-order valence-corrected chi connectivity index (χ1v) is 3.93. The summed E-state index contributed by atoms with van der Waals surface area (Å²) in [5.74, 6) is 0.449. The fraction of sp³-hybridized carbons (Fsp3) is 1.00. The van der Waals surface area contributed by atoms with E-state index in [0.717, 1.165) is 12.8 Å². The summed E-state index contributed by atoms with van der Waals surface area (Å²) in [7, 11) is 0. The molecular formula is C8H17KO. The Kier molecular flexibility index (Phi) is 15.0. The molecule has 1 unspecified atom stereocenters. The maximum absolute atomic E-state index is 10.4. The average Bonchev–Trinajstić information content (AvgIpc) is 1.91. The zero-order valence-electron chi connectivity index (χ0n) is 7.52. The van der Waals surface area contributed by atoms with Gasteiger partial charge in [0.15, 0.2) is 0 Å². The molecule has 0 spiro atoms. The Morgan fingerprint density at radius 2 is 1.90 bits per heavy atom. The van der Waals surface area contributed by atoms with Crippen LogP contribution in [0.4, 0.5) is 0 Å². The van der Waals surface area contributed by atoms with Crippen LogP contribution in [0.2, 0.25) is 0 Å². The van der Waals surface area contributed by atoms with E-state index in [9.17, 15) is 5.11 Å². The fourth-order valence-corrected chi connectivity index (χ4v) is 0.898. The summed E-state index contributed by atoms with van der Waals surface area (Å²) in [6, 6.07) is 0. The molecule has 0 heterocycles. The monoisotopic (exact) mass is 168 g/mol. The van der Waals surface area contributed by atoms with Crippen molar-refractivity contribution in [2.45, 2.75) is 39.5 Å². The summed E-state index contributed by atoms with van der Waals surface area (Å²) in [4.78, 5) is 0. The minimum atomic E-state index is 0. The van der Waals surface area contributed by atoms with Crippen molar-refractivity contribution in [2.75, 3.05) is 6.61 Å². The molecule has 2 heteroatoms. The zero-order valence-corrected chi connectivity index (χ0v) is 10.6. The van der Waals surface area contributed by atoms with E-state index >= 15 is 0 Å². The van der Waals surface area contributed by atoms with Crippen LogP contribution >= 0.6 is 0 Å². The van der Waals surface area contributed by atoms with Gasteiger partial charge in [0.05, 0.1) is 0 Å². The molecule has 0 aliphatic heterocycles. The van der Waals surface area contributed by atoms with E-state index in [1.54, 1.807) is 0 Å². The van der Waals surface area contributed by atoms with E-state index in [-0.39, 0.29) is 58.0 Å².